The Bertz CT molecular complexity index is 938. The van der Waals surface area contributed by atoms with Crippen molar-refractivity contribution in [1.82, 2.24) is 0 Å². The second kappa shape index (κ2) is 5.69. The second-order valence-corrected chi connectivity index (χ2v) is 7.98. The lowest BCUT2D eigenvalue weighted by molar-refractivity contribution is 0.598. The molecule has 5 heteroatoms. The van der Waals surface area contributed by atoms with Crippen LogP contribution in [0, 0.1) is 11.2 Å². The highest BCUT2D eigenvalue weighted by Gasteiger charge is 2.29. The van der Waals surface area contributed by atoms with Gasteiger partial charge in [-0.25, -0.2) is 17.9 Å². The van der Waals surface area contributed by atoms with Crippen LogP contribution in [0.15, 0.2) is 65.6 Å². The number of primary sulfonamides is 1. The van der Waals surface area contributed by atoms with E-state index in [9.17, 15) is 12.8 Å². The van der Waals surface area contributed by atoms with Crippen molar-refractivity contribution in [3.05, 3.63) is 77.6 Å². The van der Waals surface area contributed by atoms with Crippen LogP contribution in [0.4, 0.5) is 4.39 Å². The zero-order valence-corrected chi connectivity index (χ0v) is 14.3. The summed E-state index contributed by atoms with van der Waals surface area (Å²) in [7, 11) is -3.71. The standard InChI is InChI=1S/C19H18FNO2S/c1-19(2)12-11-17(18(19)14-3-7-15(20)8-4-14)13-5-9-16(10-6-13)24(21,22)23/h3-12H,1-2H3,(H2,21,22,23). The zero-order valence-electron chi connectivity index (χ0n) is 13.5. The van der Waals surface area contributed by atoms with E-state index in [2.05, 4.69) is 19.9 Å². The van der Waals surface area contributed by atoms with Crippen LogP contribution < -0.4 is 5.14 Å². The van der Waals surface area contributed by atoms with Crippen molar-refractivity contribution < 1.29 is 12.8 Å². The summed E-state index contributed by atoms with van der Waals surface area (Å²) in [4.78, 5) is 0.0800. The van der Waals surface area contributed by atoms with Crippen molar-refractivity contribution in [2.75, 3.05) is 0 Å². The molecule has 2 aromatic rings. The summed E-state index contributed by atoms with van der Waals surface area (Å²) in [5.41, 5.74) is 3.70. The number of benzene rings is 2. The van der Waals surface area contributed by atoms with E-state index in [1.165, 1.54) is 24.3 Å². The van der Waals surface area contributed by atoms with Crippen LogP contribution in [0.25, 0.3) is 11.1 Å². The molecule has 0 saturated carbocycles. The van der Waals surface area contributed by atoms with Gasteiger partial charge in [-0.05, 0) is 46.5 Å². The van der Waals surface area contributed by atoms with Crippen LogP contribution in [0.1, 0.15) is 25.0 Å². The first-order valence-corrected chi connectivity index (χ1v) is 9.06. The summed E-state index contributed by atoms with van der Waals surface area (Å²) in [5.74, 6) is -0.276. The molecule has 0 radical (unpaired) electrons. The molecule has 124 valence electrons. The summed E-state index contributed by atoms with van der Waals surface area (Å²) >= 11 is 0. The lowest BCUT2D eigenvalue weighted by Crippen LogP contribution is -2.12. The van der Waals surface area contributed by atoms with E-state index in [1.54, 1.807) is 24.3 Å². The van der Waals surface area contributed by atoms with Crippen molar-refractivity contribution >= 4 is 21.2 Å². The molecule has 0 bridgehead atoms. The maximum Gasteiger partial charge on any atom is 0.238 e. The normalized spacial score (nSPS) is 16.7. The van der Waals surface area contributed by atoms with E-state index >= 15 is 0 Å². The molecule has 3 nitrogen and oxygen atoms in total. The molecule has 1 aliphatic rings. The minimum Gasteiger partial charge on any atom is -0.225 e. The van der Waals surface area contributed by atoms with E-state index in [0.29, 0.717) is 0 Å². The van der Waals surface area contributed by atoms with Gasteiger partial charge in [0, 0.05) is 5.41 Å². The third-order valence-corrected chi connectivity index (χ3v) is 5.14. The first-order valence-electron chi connectivity index (χ1n) is 7.52. The van der Waals surface area contributed by atoms with Gasteiger partial charge in [0.25, 0.3) is 0 Å². The zero-order chi connectivity index (χ0) is 17.5. The van der Waals surface area contributed by atoms with E-state index < -0.39 is 10.0 Å². The predicted octanol–water partition coefficient (Wildman–Crippen LogP) is 3.98. The van der Waals surface area contributed by atoms with Gasteiger partial charge < -0.3 is 0 Å². The lowest BCUT2D eigenvalue weighted by atomic mass is 9.81. The van der Waals surface area contributed by atoms with Crippen molar-refractivity contribution in [2.24, 2.45) is 10.6 Å². The van der Waals surface area contributed by atoms with Crippen LogP contribution in [-0.4, -0.2) is 8.42 Å². The molecule has 0 unspecified atom stereocenters. The van der Waals surface area contributed by atoms with Crippen LogP contribution >= 0.6 is 0 Å². The van der Waals surface area contributed by atoms with Gasteiger partial charge in [-0.1, -0.05) is 50.3 Å². The molecule has 0 atom stereocenters. The highest BCUT2D eigenvalue weighted by atomic mass is 32.2. The smallest absolute Gasteiger partial charge is 0.225 e. The van der Waals surface area contributed by atoms with Gasteiger partial charge in [-0.2, -0.15) is 0 Å². The molecule has 3 rings (SSSR count). The highest BCUT2D eigenvalue weighted by Crippen LogP contribution is 2.46. The fraction of sp³-hybridized carbons (Fsp3) is 0.158. The van der Waals surface area contributed by atoms with E-state index in [-0.39, 0.29) is 16.1 Å². The SMILES string of the molecule is CC1(C)C=CC(c2ccc(S(N)(=O)=O)cc2)=C1c1ccc(F)cc1. The third kappa shape index (κ3) is 3.05. The molecule has 1 aliphatic carbocycles. The van der Waals surface area contributed by atoms with Gasteiger partial charge in [-0.3, -0.25) is 0 Å². The van der Waals surface area contributed by atoms with Gasteiger partial charge >= 0.3 is 0 Å². The largest absolute Gasteiger partial charge is 0.238 e. The number of sulfonamides is 1. The molecule has 0 amide bonds. The minimum absolute atomic E-state index is 0.0800. The third-order valence-electron chi connectivity index (χ3n) is 4.21. The van der Waals surface area contributed by atoms with E-state index in [0.717, 1.165) is 22.3 Å². The molecule has 0 spiro atoms. The number of rotatable bonds is 3. The summed E-state index contributed by atoms with van der Waals surface area (Å²) in [6.45, 7) is 4.18. The molecule has 0 aliphatic heterocycles. The molecule has 0 saturated heterocycles. The first kappa shape index (κ1) is 16.6. The Kier molecular flexibility index (Phi) is 3.94. The number of nitrogens with two attached hydrogens (primary N) is 1. The van der Waals surface area contributed by atoms with Crippen LogP contribution in [-0.2, 0) is 10.0 Å². The van der Waals surface area contributed by atoms with Crippen molar-refractivity contribution in [3.8, 4) is 0 Å². The quantitative estimate of drug-likeness (QED) is 0.916. The van der Waals surface area contributed by atoms with Crippen molar-refractivity contribution in [2.45, 2.75) is 18.7 Å². The maximum absolute atomic E-state index is 13.2. The monoisotopic (exact) mass is 343 g/mol. The summed E-state index contributed by atoms with van der Waals surface area (Å²) in [6, 6.07) is 12.9. The average molecular weight is 343 g/mol. The molecule has 0 fully saturated rings. The van der Waals surface area contributed by atoms with Crippen LogP contribution in [0.3, 0.4) is 0 Å². The van der Waals surface area contributed by atoms with Gasteiger partial charge in [0.1, 0.15) is 5.82 Å². The first-order chi connectivity index (χ1) is 11.2. The molecular weight excluding hydrogens is 325 g/mol. The maximum atomic E-state index is 13.2. The molecule has 2 N–H and O–H groups in total. The topological polar surface area (TPSA) is 60.2 Å². The van der Waals surface area contributed by atoms with Gasteiger partial charge in [-0.15, -0.1) is 0 Å². The van der Waals surface area contributed by atoms with Crippen LogP contribution in [0.2, 0.25) is 0 Å². The number of halogens is 1. The Labute approximate surface area is 141 Å². The van der Waals surface area contributed by atoms with Crippen molar-refractivity contribution in [3.63, 3.8) is 0 Å². The molecule has 2 aromatic carbocycles. The summed E-state index contributed by atoms with van der Waals surface area (Å²) < 4.78 is 36.0. The van der Waals surface area contributed by atoms with Gasteiger partial charge in [0.05, 0.1) is 4.90 Å². The van der Waals surface area contributed by atoms with E-state index in [1.807, 2.05) is 6.08 Å². The second-order valence-electron chi connectivity index (χ2n) is 6.42. The minimum atomic E-state index is -3.71. The number of hydrogen-bond acceptors (Lipinski definition) is 2. The Morgan fingerprint density at radius 2 is 1.46 bits per heavy atom. The Balaban J connectivity index is 2.14. The van der Waals surface area contributed by atoms with Crippen LogP contribution in [0.5, 0.6) is 0 Å². The molecule has 24 heavy (non-hydrogen) atoms. The van der Waals surface area contributed by atoms with Crippen molar-refractivity contribution in [1.29, 1.82) is 0 Å². The molecular formula is C19H18FNO2S. The Hall–Kier alpha value is -2.24. The Morgan fingerprint density at radius 1 is 0.917 bits per heavy atom. The fourth-order valence-electron chi connectivity index (χ4n) is 3.01. The van der Waals surface area contributed by atoms with E-state index in [4.69, 9.17) is 5.14 Å². The Morgan fingerprint density at radius 3 is 2.00 bits per heavy atom. The number of allylic oxidation sites excluding steroid dienone is 4. The lowest BCUT2D eigenvalue weighted by Gasteiger charge is -2.23. The summed E-state index contributed by atoms with van der Waals surface area (Å²) in [5, 5.41) is 5.15. The molecule has 0 heterocycles. The fourth-order valence-corrected chi connectivity index (χ4v) is 3.53. The molecule has 0 aromatic heterocycles. The highest BCUT2D eigenvalue weighted by molar-refractivity contribution is 7.89. The van der Waals surface area contributed by atoms with Gasteiger partial charge in [0.2, 0.25) is 10.0 Å². The number of hydrogen-bond donors (Lipinski definition) is 1. The average Bonchev–Trinajstić information content (AvgIpc) is 2.83. The predicted molar refractivity (Wildman–Crippen MR) is 94.0 cm³/mol. The van der Waals surface area contributed by atoms with Gasteiger partial charge in [0.15, 0.2) is 0 Å². The summed E-state index contributed by atoms with van der Waals surface area (Å²) in [6.07, 6.45) is 4.11.